The van der Waals surface area contributed by atoms with Crippen LogP contribution in [-0.4, -0.2) is 10.7 Å². The van der Waals surface area contributed by atoms with E-state index in [1.807, 2.05) is 25.1 Å². The number of hydrogen-bond acceptors (Lipinski definition) is 1. The Morgan fingerprint density at radius 2 is 1.93 bits per heavy atom. The lowest BCUT2D eigenvalue weighted by molar-refractivity contribution is -0.115. The lowest BCUT2D eigenvalue weighted by Gasteiger charge is -2.11. The van der Waals surface area contributed by atoms with E-state index in [9.17, 15) is 4.79 Å². The molecular weight excluding hydrogens is 390 g/mol. The second kappa shape index (κ2) is 6.01. The van der Waals surface area contributed by atoms with E-state index in [0.29, 0.717) is 0 Å². The van der Waals surface area contributed by atoms with Gasteiger partial charge >= 0.3 is 0 Å². The molecule has 1 unspecified atom stereocenters. The van der Waals surface area contributed by atoms with Crippen molar-refractivity contribution in [1.82, 2.24) is 0 Å². The summed E-state index contributed by atoms with van der Waals surface area (Å²) in [6.45, 7) is 1.95. The molecule has 1 aromatic carbocycles. The van der Waals surface area contributed by atoms with Crippen LogP contribution < -0.4 is 5.32 Å². The molecule has 5 heteroatoms. The fourth-order valence-corrected chi connectivity index (χ4v) is 2.32. The first-order valence-corrected chi connectivity index (χ1v) is 6.95. The van der Waals surface area contributed by atoms with Gasteiger partial charge in [0.1, 0.15) is 0 Å². The molecule has 15 heavy (non-hydrogen) atoms. The Morgan fingerprint density at radius 1 is 1.40 bits per heavy atom. The molecule has 0 aliphatic heterocycles. The number of alkyl halides is 1. The number of halogens is 3. The van der Waals surface area contributed by atoms with Crippen LogP contribution in [0.3, 0.4) is 0 Å². The van der Waals surface area contributed by atoms with Crippen molar-refractivity contribution in [2.24, 2.45) is 0 Å². The average molecular weight is 400 g/mol. The van der Waals surface area contributed by atoms with E-state index in [2.05, 4.69) is 53.1 Å². The number of hydrogen-bond donors (Lipinski definition) is 1. The summed E-state index contributed by atoms with van der Waals surface area (Å²) < 4.78 is 1.72. The van der Waals surface area contributed by atoms with E-state index >= 15 is 0 Å². The minimum absolute atomic E-state index is 0.0369. The maximum Gasteiger partial charge on any atom is 0.238 e. The highest BCUT2D eigenvalue weighted by Gasteiger charge is 2.14. The lowest BCUT2D eigenvalue weighted by Crippen LogP contribution is -2.22. The molecule has 1 atom stereocenters. The van der Waals surface area contributed by atoms with E-state index in [-0.39, 0.29) is 10.7 Å². The van der Waals surface area contributed by atoms with Gasteiger partial charge in [-0.15, -0.1) is 0 Å². The van der Waals surface area contributed by atoms with Gasteiger partial charge < -0.3 is 5.32 Å². The standard InChI is InChI=1S/C10H10Br3NO/c1-2-6(11)10(15)14-9-7(12)4-3-5-8(9)13/h3-6H,2H2,1H3,(H,14,15). The Kier molecular flexibility index (Phi) is 5.29. The first-order valence-electron chi connectivity index (χ1n) is 4.45. The quantitative estimate of drug-likeness (QED) is 0.753. The number of amides is 1. The van der Waals surface area contributed by atoms with Crippen LogP contribution in [0.25, 0.3) is 0 Å². The maximum atomic E-state index is 11.6. The number of anilines is 1. The predicted octanol–water partition coefficient (Wildman–Crippen LogP) is 4.32. The van der Waals surface area contributed by atoms with Crippen molar-refractivity contribution < 1.29 is 4.79 Å². The number of carbonyl (C=O) groups is 1. The number of benzene rings is 1. The normalized spacial score (nSPS) is 12.3. The highest BCUT2D eigenvalue weighted by Crippen LogP contribution is 2.30. The van der Waals surface area contributed by atoms with Crippen LogP contribution in [0.5, 0.6) is 0 Å². The molecule has 0 aliphatic rings. The molecule has 1 N–H and O–H groups in total. The first-order chi connectivity index (χ1) is 7.06. The van der Waals surface area contributed by atoms with Gasteiger partial charge in [-0.2, -0.15) is 0 Å². The highest BCUT2D eigenvalue weighted by molar-refractivity contribution is 9.11. The van der Waals surface area contributed by atoms with Crippen molar-refractivity contribution in [3.63, 3.8) is 0 Å². The van der Waals surface area contributed by atoms with Gasteiger partial charge in [0.25, 0.3) is 0 Å². The summed E-state index contributed by atoms with van der Waals surface area (Å²) in [6.07, 6.45) is 0.758. The zero-order valence-electron chi connectivity index (χ0n) is 8.06. The molecule has 0 radical (unpaired) electrons. The lowest BCUT2D eigenvalue weighted by atomic mass is 10.3. The summed E-state index contributed by atoms with van der Waals surface area (Å²) in [5.74, 6) is -0.0369. The van der Waals surface area contributed by atoms with E-state index in [4.69, 9.17) is 0 Å². The summed E-state index contributed by atoms with van der Waals surface area (Å²) in [5.41, 5.74) is 0.764. The second-order valence-corrected chi connectivity index (χ2v) is 5.78. The summed E-state index contributed by atoms with van der Waals surface area (Å²) in [7, 11) is 0. The van der Waals surface area contributed by atoms with E-state index in [0.717, 1.165) is 21.1 Å². The van der Waals surface area contributed by atoms with Crippen molar-refractivity contribution in [1.29, 1.82) is 0 Å². The Morgan fingerprint density at radius 3 is 2.40 bits per heavy atom. The topological polar surface area (TPSA) is 29.1 Å². The molecule has 2 nitrogen and oxygen atoms in total. The summed E-state index contributed by atoms with van der Waals surface area (Å²) in [5, 5.41) is 2.85. The van der Waals surface area contributed by atoms with Crippen molar-refractivity contribution in [3.8, 4) is 0 Å². The molecule has 1 amide bonds. The zero-order chi connectivity index (χ0) is 11.4. The van der Waals surface area contributed by atoms with Crippen LogP contribution in [0.15, 0.2) is 27.1 Å². The maximum absolute atomic E-state index is 11.6. The largest absolute Gasteiger partial charge is 0.323 e. The fourth-order valence-electron chi connectivity index (χ4n) is 1.00. The SMILES string of the molecule is CCC(Br)C(=O)Nc1c(Br)cccc1Br. The second-order valence-electron chi connectivity index (χ2n) is 2.96. The third-order valence-corrected chi connectivity index (χ3v) is 4.24. The summed E-state index contributed by atoms with van der Waals surface area (Å²) in [4.78, 5) is 11.5. The van der Waals surface area contributed by atoms with Gasteiger partial charge in [0.2, 0.25) is 5.91 Å². The van der Waals surface area contributed by atoms with Gasteiger partial charge in [0.05, 0.1) is 10.5 Å². The predicted molar refractivity (Wildman–Crippen MR) is 73.5 cm³/mol. The number of nitrogens with one attached hydrogen (secondary N) is 1. The molecule has 0 aliphatic carbocycles. The summed E-state index contributed by atoms with van der Waals surface area (Å²) in [6, 6.07) is 5.67. The zero-order valence-corrected chi connectivity index (χ0v) is 12.8. The smallest absolute Gasteiger partial charge is 0.238 e. The van der Waals surface area contributed by atoms with Crippen molar-refractivity contribution in [3.05, 3.63) is 27.1 Å². The minimum atomic E-state index is -0.156. The first kappa shape index (κ1) is 13.2. The Balaban J connectivity index is 2.85. The number of carbonyl (C=O) groups excluding carboxylic acids is 1. The van der Waals surface area contributed by atoms with Crippen LogP contribution in [-0.2, 0) is 4.79 Å². The average Bonchev–Trinajstić information content (AvgIpc) is 2.22. The Labute approximate surface area is 114 Å². The van der Waals surface area contributed by atoms with Gasteiger partial charge in [-0.05, 0) is 50.4 Å². The number of para-hydroxylation sites is 1. The van der Waals surface area contributed by atoms with Gasteiger partial charge in [-0.3, -0.25) is 4.79 Å². The Bertz CT molecular complexity index is 347. The van der Waals surface area contributed by atoms with E-state index in [1.54, 1.807) is 0 Å². The highest BCUT2D eigenvalue weighted by atomic mass is 79.9. The molecule has 0 bridgehead atoms. The van der Waals surface area contributed by atoms with E-state index in [1.165, 1.54) is 0 Å². The summed E-state index contributed by atoms with van der Waals surface area (Å²) >= 11 is 10.1. The van der Waals surface area contributed by atoms with Gasteiger partial charge in [0.15, 0.2) is 0 Å². The number of rotatable bonds is 3. The minimum Gasteiger partial charge on any atom is -0.323 e. The molecule has 0 spiro atoms. The van der Waals surface area contributed by atoms with Gasteiger partial charge in [-0.1, -0.05) is 28.9 Å². The molecule has 0 saturated carbocycles. The Hall–Kier alpha value is 0.130. The molecule has 1 aromatic rings. The fraction of sp³-hybridized carbons (Fsp3) is 0.300. The molecular formula is C10H10Br3NO. The third kappa shape index (κ3) is 3.57. The van der Waals surface area contributed by atoms with Crippen LogP contribution in [0.4, 0.5) is 5.69 Å². The molecule has 0 fully saturated rings. The van der Waals surface area contributed by atoms with Crippen LogP contribution in [0, 0.1) is 0 Å². The van der Waals surface area contributed by atoms with Crippen LogP contribution in [0.1, 0.15) is 13.3 Å². The van der Waals surface area contributed by atoms with Crippen molar-refractivity contribution in [2.45, 2.75) is 18.2 Å². The van der Waals surface area contributed by atoms with Crippen LogP contribution >= 0.6 is 47.8 Å². The molecule has 0 saturated heterocycles. The van der Waals surface area contributed by atoms with E-state index < -0.39 is 0 Å². The third-order valence-electron chi connectivity index (χ3n) is 1.85. The molecule has 82 valence electrons. The van der Waals surface area contributed by atoms with Crippen LogP contribution in [0.2, 0.25) is 0 Å². The monoisotopic (exact) mass is 397 g/mol. The van der Waals surface area contributed by atoms with Crippen molar-refractivity contribution >= 4 is 59.4 Å². The van der Waals surface area contributed by atoms with Gasteiger partial charge in [0, 0.05) is 8.95 Å². The molecule has 0 heterocycles. The van der Waals surface area contributed by atoms with Gasteiger partial charge in [-0.25, -0.2) is 0 Å². The molecule has 0 aromatic heterocycles. The molecule has 1 rings (SSSR count). The van der Waals surface area contributed by atoms with Crippen molar-refractivity contribution in [2.75, 3.05) is 5.32 Å².